The molecule has 8 heteroatoms. The largest absolute Gasteiger partial charge is 0.391 e. The highest BCUT2D eigenvalue weighted by molar-refractivity contribution is 7.17. The highest BCUT2D eigenvalue weighted by Gasteiger charge is 2.42. The summed E-state index contributed by atoms with van der Waals surface area (Å²) in [6.07, 6.45) is 5.10. The van der Waals surface area contributed by atoms with E-state index in [9.17, 15) is 9.90 Å². The van der Waals surface area contributed by atoms with Gasteiger partial charge in [0.2, 0.25) is 0 Å². The van der Waals surface area contributed by atoms with Crippen LogP contribution in [0.5, 0.6) is 0 Å². The van der Waals surface area contributed by atoms with Crippen molar-refractivity contribution in [3.8, 4) is 0 Å². The third-order valence-corrected chi connectivity index (χ3v) is 6.69. The molecule has 0 aromatic carbocycles. The minimum atomic E-state index is -0.351. The summed E-state index contributed by atoms with van der Waals surface area (Å²) in [7, 11) is 0. The molecule has 0 amide bonds. The van der Waals surface area contributed by atoms with Gasteiger partial charge in [0.05, 0.1) is 24.2 Å². The first-order valence-electron chi connectivity index (χ1n) is 9.03. The number of hydrogen-bond acceptors (Lipinski definition) is 6. The summed E-state index contributed by atoms with van der Waals surface area (Å²) in [4.78, 5) is 22.0. The van der Waals surface area contributed by atoms with Crippen LogP contribution in [0.15, 0.2) is 34.7 Å². The van der Waals surface area contributed by atoms with Gasteiger partial charge in [-0.05, 0) is 42.2 Å². The van der Waals surface area contributed by atoms with Gasteiger partial charge in [0.1, 0.15) is 10.5 Å². The van der Waals surface area contributed by atoms with Crippen LogP contribution in [0.3, 0.4) is 0 Å². The van der Waals surface area contributed by atoms with Crippen LogP contribution in [0.1, 0.15) is 24.7 Å². The maximum Gasteiger partial charge on any atom is 0.268 e. The minimum absolute atomic E-state index is 0.0502. The van der Waals surface area contributed by atoms with Gasteiger partial charge in [-0.25, -0.2) is 4.98 Å². The first-order valence-corrected chi connectivity index (χ1v) is 9.91. The van der Waals surface area contributed by atoms with E-state index in [1.54, 1.807) is 6.20 Å². The molecule has 1 saturated carbocycles. The summed E-state index contributed by atoms with van der Waals surface area (Å²) in [6.45, 7) is 2.57. The second kappa shape index (κ2) is 6.29. The van der Waals surface area contributed by atoms with Gasteiger partial charge in [-0.2, -0.15) is 5.10 Å². The Kier molecular flexibility index (Phi) is 3.91. The monoisotopic (exact) mass is 371 g/mol. The predicted octanol–water partition coefficient (Wildman–Crippen LogP) is 1.63. The molecule has 136 valence electrons. The summed E-state index contributed by atoms with van der Waals surface area (Å²) in [5.74, 6) is 1.77. The average molecular weight is 371 g/mol. The molecule has 0 radical (unpaired) electrons. The molecule has 1 saturated heterocycles. The fourth-order valence-electron chi connectivity index (χ4n) is 4.60. The maximum atomic E-state index is 12.2. The fraction of sp³-hybridized carbons (Fsp3) is 0.500. The summed E-state index contributed by atoms with van der Waals surface area (Å²) in [5.41, 5.74) is 0.727. The highest BCUT2D eigenvalue weighted by Crippen LogP contribution is 2.41. The van der Waals surface area contributed by atoms with E-state index in [0.29, 0.717) is 23.1 Å². The van der Waals surface area contributed by atoms with Gasteiger partial charge in [-0.3, -0.25) is 14.4 Å². The van der Waals surface area contributed by atoms with Crippen LogP contribution < -0.4 is 5.56 Å². The number of hydrogen-bond donors (Lipinski definition) is 2. The number of nitrogens with one attached hydrogen (secondary N) is 1. The van der Waals surface area contributed by atoms with Crippen LogP contribution in [0.4, 0.5) is 0 Å². The van der Waals surface area contributed by atoms with Crippen molar-refractivity contribution >= 4 is 21.6 Å². The van der Waals surface area contributed by atoms with Crippen molar-refractivity contribution in [1.29, 1.82) is 0 Å². The SMILES string of the molecule is O=c1[nH]c(CN2C[C@H]3C[C@@H](n4cccn4)[C@H](O)C[C@H]3C2)nc2ccsc12. The molecule has 7 nitrogen and oxygen atoms in total. The van der Waals surface area contributed by atoms with Gasteiger partial charge in [-0.1, -0.05) is 0 Å². The third-order valence-electron chi connectivity index (χ3n) is 5.79. The molecule has 3 aromatic rings. The van der Waals surface area contributed by atoms with Crippen molar-refractivity contribution in [3.63, 3.8) is 0 Å². The van der Waals surface area contributed by atoms with Gasteiger partial charge in [0.25, 0.3) is 5.56 Å². The Bertz CT molecular complexity index is 966. The van der Waals surface area contributed by atoms with E-state index < -0.39 is 0 Å². The first kappa shape index (κ1) is 16.2. The molecule has 1 aliphatic heterocycles. The average Bonchev–Trinajstić information content (AvgIpc) is 3.33. The van der Waals surface area contributed by atoms with Crippen LogP contribution in [-0.2, 0) is 6.54 Å². The summed E-state index contributed by atoms with van der Waals surface area (Å²) in [5, 5.41) is 16.8. The quantitative estimate of drug-likeness (QED) is 0.731. The van der Waals surface area contributed by atoms with Crippen LogP contribution >= 0.6 is 11.3 Å². The van der Waals surface area contributed by atoms with E-state index in [4.69, 9.17) is 0 Å². The van der Waals surface area contributed by atoms with Gasteiger partial charge in [0.15, 0.2) is 0 Å². The molecule has 4 atom stereocenters. The first-order chi connectivity index (χ1) is 12.7. The molecule has 2 aliphatic rings. The zero-order valence-electron chi connectivity index (χ0n) is 14.3. The standard InChI is InChI=1S/C18H21N5O2S/c24-15-7-12-9-22(8-11(12)6-14(15)23-4-1-3-19-23)10-16-20-13-2-5-26-17(13)18(25)21-16/h1-5,11-12,14-15,24H,6-10H2,(H,20,21,25)/t11-,12+,14-,15-/m1/s1. The number of aromatic nitrogens is 4. The predicted molar refractivity (Wildman–Crippen MR) is 99.0 cm³/mol. The van der Waals surface area contributed by atoms with Gasteiger partial charge in [-0.15, -0.1) is 11.3 Å². The van der Waals surface area contributed by atoms with Crippen molar-refractivity contribution in [3.05, 3.63) is 46.1 Å². The van der Waals surface area contributed by atoms with Crippen molar-refractivity contribution < 1.29 is 5.11 Å². The Labute approximate surface area is 154 Å². The van der Waals surface area contributed by atoms with E-state index in [2.05, 4.69) is 20.0 Å². The Hall–Kier alpha value is -2.03. The summed E-state index contributed by atoms with van der Waals surface area (Å²) < 4.78 is 2.58. The van der Waals surface area contributed by atoms with Crippen molar-refractivity contribution in [1.82, 2.24) is 24.6 Å². The lowest BCUT2D eigenvalue weighted by molar-refractivity contribution is 0.0306. The molecule has 0 spiro atoms. The minimum Gasteiger partial charge on any atom is -0.391 e. The lowest BCUT2D eigenvalue weighted by Gasteiger charge is -2.35. The number of fused-ring (bicyclic) bond motifs is 2. The molecule has 26 heavy (non-hydrogen) atoms. The lowest BCUT2D eigenvalue weighted by atomic mass is 9.77. The molecule has 1 aliphatic carbocycles. The summed E-state index contributed by atoms with van der Waals surface area (Å²) in [6, 6.07) is 3.86. The molecule has 4 heterocycles. The van der Waals surface area contributed by atoms with Crippen LogP contribution in [0.25, 0.3) is 10.2 Å². The number of rotatable bonds is 3. The molecule has 2 N–H and O–H groups in total. The second-order valence-electron chi connectivity index (χ2n) is 7.45. The smallest absolute Gasteiger partial charge is 0.268 e. The van der Waals surface area contributed by atoms with Crippen molar-refractivity contribution in [2.45, 2.75) is 31.5 Å². The Balaban J connectivity index is 1.31. The van der Waals surface area contributed by atoms with E-state index in [1.165, 1.54) is 11.3 Å². The van der Waals surface area contributed by atoms with Crippen molar-refractivity contribution in [2.75, 3.05) is 13.1 Å². The molecular formula is C18H21N5O2S. The zero-order chi connectivity index (χ0) is 17.7. The van der Waals surface area contributed by atoms with Crippen molar-refractivity contribution in [2.24, 2.45) is 11.8 Å². The van der Waals surface area contributed by atoms with E-state index in [0.717, 1.165) is 37.3 Å². The molecule has 5 rings (SSSR count). The van der Waals surface area contributed by atoms with E-state index in [1.807, 2.05) is 28.4 Å². The van der Waals surface area contributed by atoms with E-state index >= 15 is 0 Å². The van der Waals surface area contributed by atoms with E-state index in [-0.39, 0.29) is 17.7 Å². The number of H-pyrrole nitrogens is 1. The number of nitrogens with zero attached hydrogens (tertiary/aromatic N) is 4. The lowest BCUT2D eigenvalue weighted by Crippen LogP contribution is -2.36. The normalized spacial score (nSPS) is 29.3. The Morgan fingerprint density at radius 2 is 2.15 bits per heavy atom. The molecule has 3 aromatic heterocycles. The van der Waals surface area contributed by atoms with Crippen LogP contribution in [0.2, 0.25) is 0 Å². The molecule has 0 bridgehead atoms. The maximum absolute atomic E-state index is 12.2. The summed E-state index contributed by atoms with van der Waals surface area (Å²) >= 11 is 1.42. The zero-order valence-corrected chi connectivity index (χ0v) is 15.1. The topological polar surface area (TPSA) is 87.0 Å². The number of likely N-dealkylation sites (tertiary alicyclic amines) is 1. The number of aromatic amines is 1. The molecule has 0 unspecified atom stereocenters. The molecular weight excluding hydrogens is 350 g/mol. The second-order valence-corrected chi connectivity index (χ2v) is 8.37. The van der Waals surface area contributed by atoms with Crippen LogP contribution in [-0.4, -0.2) is 48.9 Å². The van der Waals surface area contributed by atoms with Gasteiger partial charge in [0, 0.05) is 25.5 Å². The Morgan fingerprint density at radius 3 is 2.96 bits per heavy atom. The number of aliphatic hydroxyl groups excluding tert-OH is 1. The van der Waals surface area contributed by atoms with Crippen LogP contribution in [0, 0.1) is 11.8 Å². The van der Waals surface area contributed by atoms with Gasteiger partial charge < -0.3 is 10.1 Å². The number of thiophene rings is 1. The molecule has 2 fully saturated rings. The highest BCUT2D eigenvalue weighted by atomic mass is 32.1. The fourth-order valence-corrected chi connectivity index (χ4v) is 5.33. The Morgan fingerprint density at radius 1 is 1.31 bits per heavy atom. The number of aliphatic hydroxyl groups is 1. The van der Waals surface area contributed by atoms with Gasteiger partial charge >= 0.3 is 0 Å². The third kappa shape index (κ3) is 2.78.